The Morgan fingerprint density at radius 2 is 2.38 bits per heavy atom. The molecule has 1 nitrogen and oxygen atoms in total. The highest BCUT2D eigenvalue weighted by atomic mass is 35.5. The van der Waals surface area contributed by atoms with E-state index in [-0.39, 0.29) is 11.9 Å². The minimum Gasteiger partial charge on any atom is -0.309 e. The van der Waals surface area contributed by atoms with Crippen LogP contribution >= 0.6 is 23.4 Å². The summed E-state index contributed by atoms with van der Waals surface area (Å²) in [7, 11) is 0. The second-order valence-corrected chi connectivity index (χ2v) is 5.38. The zero-order chi connectivity index (χ0) is 11.5. The molecule has 0 radical (unpaired) electrons. The molecule has 0 bridgehead atoms. The molecule has 0 spiro atoms. The molecular weight excluding hydrogens is 245 g/mol. The van der Waals surface area contributed by atoms with Crippen molar-refractivity contribution in [3.05, 3.63) is 34.1 Å². The van der Waals surface area contributed by atoms with Crippen LogP contribution < -0.4 is 5.32 Å². The van der Waals surface area contributed by atoms with Gasteiger partial charge in [0.2, 0.25) is 0 Å². The second-order valence-electron chi connectivity index (χ2n) is 3.94. The van der Waals surface area contributed by atoms with Gasteiger partial charge >= 0.3 is 0 Å². The predicted molar refractivity (Wildman–Crippen MR) is 68.6 cm³/mol. The fourth-order valence-electron chi connectivity index (χ4n) is 1.97. The molecule has 1 N–H and O–H groups in total. The van der Waals surface area contributed by atoms with Crippen LogP contribution in [0.15, 0.2) is 12.1 Å². The van der Waals surface area contributed by atoms with Gasteiger partial charge in [-0.25, -0.2) is 4.39 Å². The van der Waals surface area contributed by atoms with Crippen LogP contribution in [0.25, 0.3) is 0 Å². The van der Waals surface area contributed by atoms with Crippen molar-refractivity contribution in [2.45, 2.75) is 25.1 Å². The molecule has 0 amide bonds. The van der Waals surface area contributed by atoms with E-state index in [0.717, 1.165) is 35.6 Å². The van der Waals surface area contributed by atoms with Crippen molar-refractivity contribution in [3.63, 3.8) is 0 Å². The first kappa shape index (κ1) is 12.2. The molecule has 1 unspecified atom stereocenters. The Balaban J connectivity index is 2.33. The van der Waals surface area contributed by atoms with Gasteiger partial charge in [-0.3, -0.25) is 0 Å². The van der Waals surface area contributed by atoms with E-state index in [1.54, 1.807) is 17.8 Å². The Morgan fingerprint density at radius 3 is 3.12 bits per heavy atom. The molecule has 1 aromatic rings. The average Bonchev–Trinajstić information content (AvgIpc) is 2.31. The maximum absolute atomic E-state index is 13.8. The normalized spacial score (nSPS) is 19.6. The van der Waals surface area contributed by atoms with Gasteiger partial charge in [0.05, 0.1) is 0 Å². The van der Waals surface area contributed by atoms with E-state index in [4.69, 9.17) is 11.6 Å². The molecule has 0 aliphatic carbocycles. The summed E-state index contributed by atoms with van der Waals surface area (Å²) < 4.78 is 13.8. The Kier molecular flexibility index (Phi) is 4.11. The molecule has 1 atom stereocenters. The summed E-state index contributed by atoms with van der Waals surface area (Å²) in [6.45, 7) is 3.02. The summed E-state index contributed by atoms with van der Waals surface area (Å²) in [6, 6.07) is 3.23. The van der Waals surface area contributed by atoms with E-state index in [1.165, 1.54) is 6.07 Å². The maximum atomic E-state index is 13.8. The van der Waals surface area contributed by atoms with Crippen molar-refractivity contribution in [1.29, 1.82) is 0 Å². The van der Waals surface area contributed by atoms with Crippen LogP contribution in [0, 0.1) is 5.82 Å². The number of benzene rings is 1. The fraction of sp³-hybridized carbons (Fsp3) is 0.500. The number of halogens is 2. The standard InChI is InChI=1S/C12H15ClFNS/c1-2-5-15-11-7-16-6-8-9(13)3-4-10(14)12(8)11/h3-4,11,15H,2,5-7H2,1H3. The largest absolute Gasteiger partial charge is 0.309 e. The molecule has 16 heavy (non-hydrogen) atoms. The minimum absolute atomic E-state index is 0.104. The van der Waals surface area contributed by atoms with E-state index in [1.807, 2.05) is 0 Å². The van der Waals surface area contributed by atoms with Crippen LogP contribution in [-0.2, 0) is 5.75 Å². The van der Waals surface area contributed by atoms with E-state index >= 15 is 0 Å². The predicted octanol–water partition coefficient (Wildman–Crippen LogP) is 3.77. The summed E-state index contributed by atoms with van der Waals surface area (Å²) in [5, 5.41) is 4.06. The second kappa shape index (κ2) is 5.39. The zero-order valence-electron chi connectivity index (χ0n) is 9.22. The lowest BCUT2D eigenvalue weighted by molar-refractivity contribution is 0.526. The van der Waals surface area contributed by atoms with E-state index in [0.29, 0.717) is 5.02 Å². The van der Waals surface area contributed by atoms with Gasteiger partial charge in [0.15, 0.2) is 0 Å². The minimum atomic E-state index is -0.131. The Bertz CT molecular complexity index is 384. The lowest BCUT2D eigenvalue weighted by Gasteiger charge is -2.27. The molecule has 0 fully saturated rings. The van der Waals surface area contributed by atoms with Gasteiger partial charge < -0.3 is 5.32 Å². The quantitative estimate of drug-likeness (QED) is 0.887. The van der Waals surface area contributed by atoms with Crippen LogP contribution in [0.2, 0.25) is 5.02 Å². The van der Waals surface area contributed by atoms with Gasteiger partial charge in [-0.1, -0.05) is 18.5 Å². The Morgan fingerprint density at radius 1 is 1.56 bits per heavy atom. The van der Waals surface area contributed by atoms with E-state index in [9.17, 15) is 4.39 Å². The number of fused-ring (bicyclic) bond motifs is 1. The summed E-state index contributed by atoms with van der Waals surface area (Å²) in [5.41, 5.74) is 1.74. The number of thioether (sulfide) groups is 1. The maximum Gasteiger partial charge on any atom is 0.128 e. The van der Waals surface area contributed by atoms with Crippen LogP contribution in [0.4, 0.5) is 4.39 Å². The van der Waals surface area contributed by atoms with Gasteiger partial charge in [0.1, 0.15) is 5.82 Å². The van der Waals surface area contributed by atoms with E-state index < -0.39 is 0 Å². The van der Waals surface area contributed by atoms with Crippen molar-refractivity contribution < 1.29 is 4.39 Å². The van der Waals surface area contributed by atoms with Crippen molar-refractivity contribution in [1.82, 2.24) is 5.32 Å². The SMILES string of the molecule is CCCNC1CSCc2c(Cl)ccc(F)c21. The fourth-order valence-corrected chi connectivity index (χ4v) is 3.44. The highest BCUT2D eigenvalue weighted by Gasteiger charge is 2.25. The molecule has 1 heterocycles. The summed E-state index contributed by atoms with van der Waals surface area (Å²) in [5.74, 6) is 1.61. The van der Waals surface area contributed by atoms with Gasteiger partial charge in [-0.2, -0.15) is 11.8 Å². The van der Waals surface area contributed by atoms with Crippen molar-refractivity contribution in [2.24, 2.45) is 0 Å². The number of rotatable bonds is 3. The molecule has 1 aliphatic heterocycles. The monoisotopic (exact) mass is 259 g/mol. The lowest BCUT2D eigenvalue weighted by atomic mass is 10.0. The Labute approximate surface area is 105 Å². The molecule has 1 aliphatic rings. The molecule has 0 saturated carbocycles. The topological polar surface area (TPSA) is 12.0 Å². The average molecular weight is 260 g/mol. The number of nitrogens with one attached hydrogen (secondary N) is 1. The smallest absolute Gasteiger partial charge is 0.128 e. The first-order chi connectivity index (χ1) is 7.74. The van der Waals surface area contributed by atoms with Crippen LogP contribution in [0.3, 0.4) is 0 Å². The number of hydrogen-bond acceptors (Lipinski definition) is 2. The third-order valence-corrected chi connectivity index (χ3v) is 4.18. The molecular formula is C12H15ClFNS. The molecule has 0 saturated heterocycles. The summed E-state index contributed by atoms with van der Waals surface area (Å²) >= 11 is 7.91. The molecule has 1 aromatic carbocycles. The van der Waals surface area contributed by atoms with Crippen molar-refractivity contribution in [2.75, 3.05) is 12.3 Å². The lowest BCUT2D eigenvalue weighted by Crippen LogP contribution is -2.28. The van der Waals surface area contributed by atoms with Gasteiger partial charge in [0.25, 0.3) is 0 Å². The van der Waals surface area contributed by atoms with Gasteiger partial charge in [-0.15, -0.1) is 0 Å². The van der Waals surface area contributed by atoms with Crippen LogP contribution in [0.5, 0.6) is 0 Å². The van der Waals surface area contributed by atoms with Crippen LogP contribution in [0.1, 0.15) is 30.5 Å². The highest BCUT2D eigenvalue weighted by molar-refractivity contribution is 7.98. The number of hydrogen-bond donors (Lipinski definition) is 1. The van der Waals surface area contributed by atoms with Gasteiger partial charge in [0, 0.05) is 28.1 Å². The molecule has 0 aromatic heterocycles. The third kappa shape index (κ3) is 2.36. The zero-order valence-corrected chi connectivity index (χ0v) is 10.8. The molecule has 88 valence electrons. The summed E-state index contributed by atoms with van der Waals surface area (Å²) in [4.78, 5) is 0. The van der Waals surface area contributed by atoms with Gasteiger partial charge in [-0.05, 0) is 30.7 Å². The van der Waals surface area contributed by atoms with Crippen molar-refractivity contribution >= 4 is 23.4 Å². The van der Waals surface area contributed by atoms with Crippen LogP contribution in [-0.4, -0.2) is 12.3 Å². The molecule has 2 rings (SSSR count). The first-order valence-electron chi connectivity index (χ1n) is 5.52. The first-order valence-corrected chi connectivity index (χ1v) is 7.05. The highest BCUT2D eigenvalue weighted by Crippen LogP contribution is 2.37. The van der Waals surface area contributed by atoms with E-state index in [2.05, 4.69) is 12.2 Å². The molecule has 4 heteroatoms. The third-order valence-electron chi connectivity index (χ3n) is 2.77. The summed E-state index contributed by atoms with van der Waals surface area (Å²) in [6.07, 6.45) is 1.05. The Hall–Kier alpha value is -0.250. The van der Waals surface area contributed by atoms with Crippen molar-refractivity contribution in [3.8, 4) is 0 Å².